The number of carbonyl (C=O) groups excluding carboxylic acids is 1. The van der Waals surface area contributed by atoms with E-state index in [0.717, 1.165) is 0 Å². The number of aliphatic carboxylic acids is 1. The van der Waals surface area contributed by atoms with Crippen LogP contribution < -0.4 is 10.6 Å². The van der Waals surface area contributed by atoms with Crippen molar-refractivity contribution in [2.24, 2.45) is 5.92 Å². The first-order valence-electron chi connectivity index (χ1n) is 7.07. The van der Waals surface area contributed by atoms with Crippen molar-refractivity contribution in [3.63, 3.8) is 0 Å². The van der Waals surface area contributed by atoms with Crippen LogP contribution in [0.2, 0.25) is 0 Å². The number of nitrogens with one attached hydrogen (secondary N) is 2. The van der Waals surface area contributed by atoms with Gasteiger partial charge < -0.3 is 15.7 Å². The Morgan fingerprint density at radius 3 is 2.71 bits per heavy atom. The second kappa shape index (κ2) is 8.23. The molecule has 8 nitrogen and oxygen atoms in total. The average Bonchev–Trinajstić information content (AvgIpc) is 2.82. The molecule has 0 aromatic carbocycles. The Hall–Kier alpha value is -2.12. The van der Waals surface area contributed by atoms with Crippen LogP contribution in [-0.4, -0.2) is 37.9 Å². The first-order chi connectivity index (χ1) is 9.93. The normalized spacial score (nSPS) is 12.2. The number of aromatic nitrogens is 3. The lowest BCUT2D eigenvalue weighted by molar-refractivity contribution is -0.139. The molecule has 0 spiro atoms. The minimum atomic E-state index is -1.03. The summed E-state index contributed by atoms with van der Waals surface area (Å²) in [7, 11) is 0. The van der Waals surface area contributed by atoms with E-state index < -0.39 is 18.0 Å². The van der Waals surface area contributed by atoms with E-state index in [-0.39, 0.29) is 6.54 Å². The minimum absolute atomic E-state index is 0.205. The molecule has 0 fully saturated rings. The lowest BCUT2D eigenvalue weighted by Crippen LogP contribution is -2.45. The highest BCUT2D eigenvalue weighted by molar-refractivity contribution is 5.82. The average molecular weight is 297 g/mol. The number of urea groups is 1. The van der Waals surface area contributed by atoms with Gasteiger partial charge in [-0.25, -0.2) is 19.3 Å². The van der Waals surface area contributed by atoms with Crippen LogP contribution in [0.3, 0.4) is 0 Å². The zero-order valence-corrected chi connectivity index (χ0v) is 12.7. The SMILES string of the molecule is CCCC(NC(=O)NCc1ncnn1CC(C)C)C(=O)O. The summed E-state index contributed by atoms with van der Waals surface area (Å²) in [6, 6.07) is -1.39. The van der Waals surface area contributed by atoms with E-state index in [0.29, 0.717) is 31.1 Å². The molecule has 0 saturated carbocycles. The zero-order chi connectivity index (χ0) is 15.8. The summed E-state index contributed by atoms with van der Waals surface area (Å²) in [6.07, 6.45) is 2.51. The number of amides is 2. The maximum Gasteiger partial charge on any atom is 0.326 e. The van der Waals surface area contributed by atoms with Gasteiger partial charge >= 0.3 is 12.0 Å². The van der Waals surface area contributed by atoms with E-state index in [1.54, 1.807) is 4.68 Å². The van der Waals surface area contributed by atoms with Gasteiger partial charge in [-0.15, -0.1) is 0 Å². The maximum atomic E-state index is 11.7. The van der Waals surface area contributed by atoms with E-state index in [1.165, 1.54) is 6.33 Å². The van der Waals surface area contributed by atoms with Gasteiger partial charge in [0.15, 0.2) is 0 Å². The first-order valence-corrected chi connectivity index (χ1v) is 7.07. The molecule has 0 bridgehead atoms. The highest BCUT2D eigenvalue weighted by Crippen LogP contribution is 2.01. The number of carboxylic acid groups (broad SMARTS) is 1. The standard InChI is InChI=1S/C13H23N5O3/c1-4-5-10(12(19)20)17-13(21)14-6-11-15-8-16-18(11)7-9(2)3/h8-10H,4-7H2,1-3H3,(H,19,20)(H2,14,17,21). The second-order valence-electron chi connectivity index (χ2n) is 5.26. The third-order valence-corrected chi connectivity index (χ3v) is 2.82. The zero-order valence-electron chi connectivity index (χ0n) is 12.7. The van der Waals surface area contributed by atoms with Crippen LogP contribution in [0.1, 0.15) is 39.4 Å². The van der Waals surface area contributed by atoms with Gasteiger partial charge in [0.2, 0.25) is 0 Å². The Kier molecular flexibility index (Phi) is 6.64. The lowest BCUT2D eigenvalue weighted by atomic mass is 10.2. The number of nitrogens with zero attached hydrogens (tertiary/aromatic N) is 3. The van der Waals surface area contributed by atoms with Crippen molar-refractivity contribution in [3.8, 4) is 0 Å². The Bertz CT molecular complexity index is 472. The summed E-state index contributed by atoms with van der Waals surface area (Å²) in [4.78, 5) is 26.8. The molecule has 118 valence electrons. The highest BCUT2D eigenvalue weighted by Gasteiger charge is 2.18. The Morgan fingerprint density at radius 2 is 2.14 bits per heavy atom. The van der Waals surface area contributed by atoms with E-state index in [1.807, 2.05) is 6.92 Å². The van der Waals surface area contributed by atoms with Crippen molar-refractivity contribution in [3.05, 3.63) is 12.2 Å². The van der Waals surface area contributed by atoms with Crippen LogP contribution in [0.25, 0.3) is 0 Å². The summed E-state index contributed by atoms with van der Waals surface area (Å²) >= 11 is 0. The molecule has 0 radical (unpaired) electrons. The van der Waals surface area contributed by atoms with Crippen molar-refractivity contribution in [2.45, 2.75) is 52.7 Å². The van der Waals surface area contributed by atoms with Gasteiger partial charge in [-0.3, -0.25) is 0 Å². The third-order valence-electron chi connectivity index (χ3n) is 2.82. The van der Waals surface area contributed by atoms with Gasteiger partial charge in [0.25, 0.3) is 0 Å². The lowest BCUT2D eigenvalue weighted by Gasteiger charge is -2.14. The molecule has 1 heterocycles. The number of hydrogen-bond acceptors (Lipinski definition) is 4. The number of hydrogen-bond donors (Lipinski definition) is 3. The molecule has 1 aromatic heterocycles. The predicted molar refractivity (Wildman–Crippen MR) is 76.6 cm³/mol. The maximum absolute atomic E-state index is 11.7. The van der Waals surface area contributed by atoms with Gasteiger partial charge in [-0.05, 0) is 12.3 Å². The fourth-order valence-corrected chi connectivity index (χ4v) is 1.84. The number of carboxylic acids is 1. The van der Waals surface area contributed by atoms with Gasteiger partial charge in [0, 0.05) is 6.54 Å². The van der Waals surface area contributed by atoms with E-state index in [2.05, 4.69) is 34.6 Å². The molecule has 1 rings (SSSR count). The van der Waals surface area contributed by atoms with Crippen molar-refractivity contribution in [2.75, 3.05) is 0 Å². The van der Waals surface area contributed by atoms with Crippen LogP contribution in [-0.2, 0) is 17.9 Å². The molecule has 0 aliphatic heterocycles. The fraction of sp³-hybridized carbons (Fsp3) is 0.692. The summed E-state index contributed by atoms with van der Waals surface area (Å²) in [5, 5.41) is 18.1. The molecule has 21 heavy (non-hydrogen) atoms. The van der Waals surface area contributed by atoms with Crippen molar-refractivity contribution in [1.82, 2.24) is 25.4 Å². The van der Waals surface area contributed by atoms with E-state index in [4.69, 9.17) is 5.11 Å². The van der Waals surface area contributed by atoms with Gasteiger partial charge in [-0.2, -0.15) is 5.10 Å². The van der Waals surface area contributed by atoms with Crippen LogP contribution in [0.5, 0.6) is 0 Å². The molecule has 0 saturated heterocycles. The Labute approximate surface area is 123 Å². The number of carbonyl (C=O) groups is 2. The van der Waals surface area contributed by atoms with Crippen LogP contribution >= 0.6 is 0 Å². The summed E-state index contributed by atoms with van der Waals surface area (Å²) in [6.45, 7) is 6.91. The molecule has 1 atom stereocenters. The van der Waals surface area contributed by atoms with Gasteiger partial charge in [-0.1, -0.05) is 27.2 Å². The Balaban J connectivity index is 2.49. The summed E-state index contributed by atoms with van der Waals surface area (Å²) < 4.78 is 1.73. The van der Waals surface area contributed by atoms with Crippen molar-refractivity contribution >= 4 is 12.0 Å². The molecule has 1 aromatic rings. The first kappa shape index (κ1) is 16.9. The smallest absolute Gasteiger partial charge is 0.326 e. The molecule has 0 aliphatic carbocycles. The van der Waals surface area contributed by atoms with Gasteiger partial charge in [0.1, 0.15) is 18.2 Å². The van der Waals surface area contributed by atoms with Gasteiger partial charge in [0.05, 0.1) is 6.54 Å². The minimum Gasteiger partial charge on any atom is -0.480 e. The third kappa shape index (κ3) is 5.80. The molecular formula is C13H23N5O3. The molecule has 8 heteroatoms. The Morgan fingerprint density at radius 1 is 1.43 bits per heavy atom. The van der Waals surface area contributed by atoms with Crippen LogP contribution in [0, 0.1) is 5.92 Å². The van der Waals surface area contributed by atoms with E-state index >= 15 is 0 Å². The van der Waals surface area contributed by atoms with Crippen LogP contribution in [0.4, 0.5) is 4.79 Å². The molecule has 2 amide bonds. The van der Waals surface area contributed by atoms with Crippen molar-refractivity contribution in [1.29, 1.82) is 0 Å². The van der Waals surface area contributed by atoms with Crippen LogP contribution in [0.15, 0.2) is 6.33 Å². The summed E-state index contributed by atoms with van der Waals surface area (Å²) in [5.74, 6) is 0.0245. The van der Waals surface area contributed by atoms with E-state index in [9.17, 15) is 9.59 Å². The quantitative estimate of drug-likeness (QED) is 0.663. The second-order valence-corrected chi connectivity index (χ2v) is 5.26. The topological polar surface area (TPSA) is 109 Å². The molecule has 1 unspecified atom stereocenters. The number of rotatable bonds is 8. The highest BCUT2D eigenvalue weighted by atomic mass is 16.4. The molecule has 0 aliphatic rings. The van der Waals surface area contributed by atoms with Crippen molar-refractivity contribution < 1.29 is 14.7 Å². The largest absolute Gasteiger partial charge is 0.480 e. The molecule has 3 N–H and O–H groups in total. The fourth-order valence-electron chi connectivity index (χ4n) is 1.84. The predicted octanol–water partition coefficient (Wildman–Crippen LogP) is 0.987. The summed E-state index contributed by atoms with van der Waals surface area (Å²) in [5.41, 5.74) is 0. The monoisotopic (exact) mass is 297 g/mol. The molecular weight excluding hydrogens is 274 g/mol.